The first-order valence-corrected chi connectivity index (χ1v) is 10.3. The molecular formula is C25H33NO. The van der Waals surface area contributed by atoms with E-state index < -0.39 is 0 Å². The highest BCUT2D eigenvalue weighted by Crippen LogP contribution is 2.39. The number of benzene rings is 2. The monoisotopic (exact) mass is 363 g/mol. The summed E-state index contributed by atoms with van der Waals surface area (Å²) in [6.45, 7) is 7.58. The standard InChI is InChI=1S/C25H33NO/c1-4-8-24(23-15-17-25(2,3)18-16-23)26-27-19-20-11-13-22(14-12-20)21-9-6-5-7-10-21/h5-7,9-14,26H,4,8,15-19H2,1-3H3. The molecule has 0 atom stereocenters. The van der Waals surface area contributed by atoms with E-state index in [2.05, 4.69) is 74.8 Å². The summed E-state index contributed by atoms with van der Waals surface area (Å²) in [5.41, 5.74) is 10.3. The van der Waals surface area contributed by atoms with Crippen molar-refractivity contribution >= 4 is 0 Å². The fraction of sp³-hybridized carbons (Fsp3) is 0.440. The lowest BCUT2D eigenvalue weighted by atomic mass is 9.75. The van der Waals surface area contributed by atoms with Crippen LogP contribution in [0.2, 0.25) is 0 Å². The van der Waals surface area contributed by atoms with Gasteiger partial charge in [0.1, 0.15) is 0 Å². The minimum absolute atomic E-state index is 0.488. The van der Waals surface area contributed by atoms with Crippen LogP contribution in [0.4, 0.5) is 0 Å². The number of nitrogens with one attached hydrogen (secondary N) is 1. The van der Waals surface area contributed by atoms with Gasteiger partial charge in [0.05, 0.1) is 6.61 Å². The Labute approximate surface area is 164 Å². The third-order valence-electron chi connectivity index (χ3n) is 5.63. The van der Waals surface area contributed by atoms with Gasteiger partial charge in [-0.1, -0.05) is 81.8 Å². The maximum Gasteiger partial charge on any atom is 0.0996 e. The van der Waals surface area contributed by atoms with E-state index in [4.69, 9.17) is 4.84 Å². The Bertz CT molecular complexity index is 732. The second-order valence-electron chi connectivity index (χ2n) is 8.45. The molecule has 2 nitrogen and oxygen atoms in total. The van der Waals surface area contributed by atoms with Crippen LogP contribution >= 0.6 is 0 Å². The lowest BCUT2D eigenvalue weighted by Crippen LogP contribution is -2.22. The molecule has 2 heteroatoms. The van der Waals surface area contributed by atoms with E-state index in [-0.39, 0.29) is 0 Å². The van der Waals surface area contributed by atoms with E-state index in [0.29, 0.717) is 12.0 Å². The molecule has 0 unspecified atom stereocenters. The smallest absolute Gasteiger partial charge is 0.0996 e. The van der Waals surface area contributed by atoms with E-state index in [1.165, 1.54) is 48.1 Å². The molecule has 1 fully saturated rings. The predicted molar refractivity (Wildman–Crippen MR) is 114 cm³/mol. The summed E-state index contributed by atoms with van der Waals surface area (Å²) in [6, 6.07) is 19.1. The van der Waals surface area contributed by atoms with Gasteiger partial charge in [-0.25, -0.2) is 0 Å². The summed E-state index contributed by atoms with van der Waals surface area (Å²) < 4.78 is 0. The van der Waals surface area contributed by atoms with E-state index in [9.17, 15) is 0 Å². The molecule has 0 spiro atoms. The highest BCUT2D eigenvalue weighted by atomic mass is 16.6. The Morgan fingerprint density at radius 2 is 1.56 bits per heavy atom. The minimum atomic E-state index is 0.488. The molecule has 0 radical (unpaired) electrons. The highest BCUT2D eigenvalue weighted by Gasteiger charge is 2.24. The van der Waals surface area contributed by atoms with Crippen LogP contribution in [0, 0.1) is 5.41 Å². The first-order valence-electron chi connectivity index (χ1n) is 10.3. The van der Waals surface area contributed by atoms with Gasteiger partial charge in [-0.2, -0.15) is 0 Å². The molecule has 0 saturated heterocycles. The van der Waals surface area contributed by atoms with Crippen molar-refractivity contribution in [2.75, 3.05) is 0 Å². The largest absolute Gasteiger partial charge is 0.272 e. The maximum absolute atomic E-state index is 5.88. The van der Waals surface area contributed by atoms with Crippen LogP contribution in [0.25, 0.3) is 11.1 Å². The average Bonchev–Trinajstić information content (AvgIpc) is 2.69. The van der Waals surface area contributed by atoms with Crippen molar-refractivity contribution in [2.24, 2.45) is 5.41 Å². The van der Waals surface area contributed by atoms with Crippen molar-refractivity contribution in [1.82, 2.24) is 5.48 Å². The molecule has 1 aliphatic rings. The topological polar surface area (TPSA) is 21.3 Å². The molecule has 1 saturated carbocycles. The lowest BCUT2D eigenvalue weighted by molar-refractivity contribution is 0.0452. The Kier molecular flexibility index (Phi) is 6.73. The number of hydrogen-bond donors (Lipinski definition) is 1. The van der Waals surface area contributed by atoms with Crippen molar-refractivity contribution < 1.29 is 4.84 Å². The Morgan fingerprint density at radius 1 is 0.926 bits per heavy atom. The van der Waals surface area contributed by atoms with Gasteiger partial charge in [0.15, 0.2) is 0 Å². The number of allylic oxidation sites excluding steroid dienone is 2. The van der Waals surface area contributed by atoms with Crippen molar-refractivity contribution in [1.29, 1.82) is 0 Å². The van der Waals surface area contributed by atoms with Gasteiger partial charge in [-0.15, -0.1) is 0 Å². The summed E-state index contributed by atoms with van der Waals surface area (Å²) >= 11 is 0. The molecule has 1 N–H and O–H groups in total. The van der Waals surface area contributed by atoms with Crippen LogP contribution in [0.15, 0.2) is 65.9 Å². The van der Waals surface area contributed by atoms with Crippen LogP contribution in [0.5, 0.6) is 0 Å². The van der Waals surface area contributed by atoms with Crippen molar-refractivity contribution in [3.8, 4) is 11.1 Å². The zero-order valence-electron chi connectivity index (χ0n) is 17.1. The molecule has 0 amide bonds. The fourth-order valence-electron chi connectivity index (χ4n) is 3.71. The van der Waals surface area contributed by atoms with E-state index in [1.807, 2.05) is 6.07 Å². The predicted octanol–water partition coefficient (Wildman–Crippen LogP) is 7.03. The highest BCUT2D eigenvalue weighted by molar-refractivity contribution is 5.63. The zero-order valence-corrected chi connectivity index (χ0v) is 17.1. The molecule has 1 aliphatic carbocycles. The van der Waals surface area contributed by atoms with Crippen molar-refractivity contribution in [3.63, 3.8) is 0 Å². The van der Waals surface area contributed by atoms with E-state index in [1.54, 1.807) is 5.57 Å². The van der Waals surface area contributed by atoms with Crippen LogP contribution in [0.3, 0.4) is 0 Å². The summed E-state index contributed by atoms with van der Waals surface area (Å²) in [7, 11) is 0. The molecule has 0 aliphatic heterocycles. The quantitative estimate of drug-likeness (QED) is 0.533. The first kappa shape index (κ1) is 19.7. The minimum Gasteiger partial charge on any atom is -0.272 e. The Hall–Kier alpha value is -2.06. The molecule has 3 rings (SSSR count). The number of rotatable bonds is 7. The summed E-state index contributed by atoms with van der Waals surface area (Å²) in [4.78, 5) is 5.88. The molecule has 144 valence electrons. The van der Waals surface area contributed by atoms with E-state index >= 15 is 0 Å². The average molecular weight is 364 g/mol. The van der Waals surface area contributed by atoms with Gasteiger partial charge in [0, 0.05) is 5.70 Å². The van der Waals surface area contributed by atoms with Crippen LogP contribution in [-0.2, 0) is 11.4 Å². The summed E-state index contributed by atoms with van der Waals surface area (Å²) in [5, 5.41) is 0. The fourth-order valence-corrected chi connectivity index (χ4v) is 3.71. The summed E-state index contributed by atoms with van der Waals surface area (Å²) in [6.07, 6.45) is 7.17. The van der Waals surface area contributed by atoms with Crippen molar-refractivity contribution in [3.05, 3.63) is 71.4 Å². The number of hydroxylamine groups is 1. The third kappa shape index (κ3) is 5.71. The van der Waals surface area contributed by atoms with Crippen molar-refractivity contribution in [2.45, 2.75) is 65.9 Å². The number of hydrogen-bond acceptors (Lipinski definition) is 2. The van der Waals surface area contributed by atoms with Gasteiger partial charge in [-0.05, 0) is 59.8 Å². The molecule has 2 aromatic carbocycles. The SMILES string of the molecule is CCCC(NOCc1ccc(-c2ccccc2)cc1)=C1CCC(C)(C)CC1. The van der Waals surface area contributed by atoms with Gasteiger partial charge in [0.25, 0.3) is 0 Å². The molecular weight excluding hydrogens is 330 g/mol. The van der Waals surface area contributed by atoms with Gasteiger partial charge >= 0.3 is 0 Å². The normalized spacial score (nSPS) is 16.2. The second kappa shape index (κ2) is 9.23. The molecule has 0 bridgehead atoms. The maximum atomic E-state index is 5.88. The lowest BCUT2D eigenvalue weighted by Gasteiger charge is -2.32. The molecule has 2 aromatic rings. The Morgan fingerprint density at radius 3 is 2.19 bits per heavy atom. The molecule has 0 heterocycles. The molecule has 27 heavy (non-hydrogen) atoms. The van der Waals surface area contributed by atoms with Gasteiger partial charge in [0.2, 0.25) is 0 Å². The van der Waals surface area contributed by atoms with Gasteiger partial charge < -0.3 is 0 Å². The van der Waals surface area contributed by atoms with E-state index in [0.717, 1.165) is 12.8 Å². The first-order chi connectivity index (χ1) is 13.1. The molecule has 0 aromatic heterocycles. The zero-order chi connectivity index (χ0) is 19.1. The van der Waals surface area contributed by atoms with Crippen LogP contribution in [-0.4, -0.2) is 0 Å². The van der Waals surface area contributed by atoms with Gasteiger partial charge in [-0.3, -0.25) is 10.3 Å². The Balaban J connectivity index is 1.56. The van der Waals surface area contributed by atoms with Crippen LogP contribution < -0.4 is 5.48 Å². The second-order valence-corrected chi connectivity index (χ2v) is 8.45. The third-order valence-corrected chi connectivity index (χ3v) is 5.63. The van der Waals surface area contributed by atoms with Crippen LogP contribution in [0.1, 0.15) is 64.9 Å². The summed E-state index contributed by atoms with van der Waals surface area (Å²) in [5.74, 6) is 0.